The molecule has 0 amide bonds. The average molecular weight is 343 g/mol. The highest BCUT2D eigenvalue weighted by atomic mass is 32.5. The zero-order valence-electron chi connectivity index (χ0n) is 12.7. The standard InChI is InChI=1S/C15H22NO2PS2/c1-4-17-19(20,18-5-2)16-11-10-13-8-6-7-9-14(13)15(16)12-21-3/h6-9,12H,4-5,10-11H2,1-3H3. The van der Waals surface area contributed by atoms with Crippen molar-refractivity contribution in [3.8, 4) is 0 Å². The summed E-state index contributed by atoms with van der Waals surface area (Å²) in [6.07, 6.45) is 3.04. The van der Waals surface area contributed by atoms with Gasteiger partial charge in [-0.2, -0.15) is 0 Å². The number of thioether (sulfide) groups is 1. The lowest BCUT2D eigenvalue weighted by Crippen LogP contribution is -2.28. The van der Waals surface area contributed by atoms with E-state index in [4.69, 9.17) is 20.9 Å². The van der Waals surface area contributed by atoms with Gasteiger partial charge in [-0.05, 0) is 49.3 Å². The van der Waals surface area contributed by atoms with Gasteiger partial charge in [0, 0.05) is 12.1 Å². The molecule has 0 fully saturated rings. The lowest BCUT2D eigenvalue weighted by molar-refractivity contribution is 0.234. The van der Waals surface area contributed by atoms with Crippen LogP contribution in [-0.2, 0) is 27.3 Å². The van der Waals surface area contributed by atoms with Crippen LogP contribution < -0.4 is 0 Å². The molecule has 0 spiro atoms. The van der Waals surface area contributed by atoms with E-state index in [-0.39, 0.29) is 0 Å². The third-order valence-electron chi connectivity index (χ3n) is 3.27. The zero-order valence-corrected chi connectivity index (χ0v) is 15.3. The van der Waals surface area contributed by atoms with Crippen molar-refractivity contribution in [1.29, 1.82) is 0 Å². The molecule has 116 valence electrons. The molecule has 0 aliphatic carbocycles. The lowest BCUT2D eigenvalue weighted by atomic mass is 9.99. The number of nitrogens with zero attached hydrogens (tertiary/aromatic N) is 1. The molecular formula is C15H22NO2PS2. The van der Waals surface area contributed by atoms with E-state index in [0.717, 1.165) is 18.7 Å². The fourth-order valence-corrected chi connectivity index (χ4v) is 5.94. The molecule has 1 aromatic carbocycles. The van der Waals surface area contributed by atoms with Crippen LogP contribution in [0, 0.1) is 0 Å². The topological polar surface area (TPSA) is 21.7 Å². The van der Waals surface area contributed by atoms with E-state index in [9.17, 15) is 0 Å². The summed E-state index contributed by atoms with van der Waals surface area (Å²) in [4.78, 5) is 0. The van der Waals surface area contributed by atoms with E-state index in [1.54, 1.807) is 11.8 Å². The van der Waals surface area contributed by atoms with Gasteiger partial charge in [0.05, 0.1) is 18.9 Å². The first-order valence-corrected chi connectivity index (χ1v) is 11.0. The minimum atomic E-state index is -2.45. The largest absolute Gasteiger partial charge is 0.314 e. The predicted molar refractivity (Wildman–Crippen MR) is 95.9 cm³/mol. The van der Waals surface area contributed by atoms with Crippen molar-refractivity contribution in [2.24, 2.45) is 0 Å². The quantitative estimate of drug-likeness (QED) is 0.707. The fraction of sp³-hybridized carbons (Fsp3) is 0.467. The van der Waals surface area contributed by atoms with E-state index >= 15 is 0 Å². The summed E-state index contributed by atoms with van der Waals surface area (Å²) in [6.45, 7) is 3.48. The second-order valence-electron chi connectivity index (χ2n) is 4.57. The molecule has 21 heavy (non-hydrogen) atoms. The molecule has 0 atom stereocenters. The van der Waals surface area contributed by atoms with Gasteiger partial charge >= 0.3 is 0 Å². The molecular weight excluding hydrogens is 321 g/mol. The van der Waals surface area contributed by atoms with Crippen molar-refractivity contribution in [2.75, 3.05) is 26.0 Å². The fourth-order valence-electron chi connectivity index (χ4n) is 2.47. The molecule has 2 rings (SSSR count). The van der Waals surface area contributed by atoms with Crippen LogP contribution >= 0.6 is 18.4 Å². The van der Waals surface area contributed by atoms with Gasteiger partial charge in [0.15, 0.2) is 0 Å². The SMILES string of the molecule is CCOP(=S)(OCC)N1CCc2ccccc2C1=CSC. The molecule has 0 unspecified atom stereocenters. The van der Waals surface area contributed by atoms with Crippen LogP contribution in [0.5, 0.6) is 0 Å². The second-order valence-corrected chi connectivity index (χ2v) is 8.60. The smallest absolute Gasteiger partial charge is 0.290 e. The van der Waals surface area contributed by atoms with Gasteiger partial charge in [0.2, 0.25) is 0 Å². The molecule has 0 saturated heterocycles. The Morgan fingerprint density at radius 3 is 2.57 bits per heavy atom. The van der Waals surface area contributed by atoms with Crippen molar-refractivity contribution in [2.45, 2.75) is 20.3 Å². The van der Waals surface area contributed by atoms with Crippen LogP contribution in [0.3, 0.4) is 0 Å². The number of benzene rings is 1. The predicted octanol–water partition coefficient (Wildman–Crippen LogP) is 4.50. The first-order valence-electron chi connectivity index (χ1n) is 7.14. The molecule has 0 radical (unpaired) electrons. The van der Waals surface area contributed by atoms with Crippen LogP contribution in [0.1, 0.15) is 25.0 Å². The molecule has 1 aliphatic rings. The van der Waals surface area contributed by atoms with Crippen LogP contribution in [0.4, 0.5) is 0 Å². The first-order chi connectivity index (χ1) is 10.2. The highest BCUT2D eigenvalue weighted by Gasteiger charge is 2.33. The van der Waals surface area contributed by atoms with Gasteiger partial charge in [-0.25, -0.2) is 0 Å². The van der Waals surface area contributed by atoms with Crippen LogP contribution in [0.2, 0.25) is 0 Å². The highest BCUT2D eigenvalue weighted by molar-refractivity contribution is 8.09. The van der Waals surface area contributed by atoms with E-state index in [1.165, 1.54) is 11.1 Å². The molecule has 1 heterocycles. The van der Waals surface area contributed by atoms with E-state index in [1.807, 2.05) is 13.8 Å². The van der Waals surface area contributed by atoms with Crippen LogP contribution in [0.15, 0.2) is 29.7 Å². The third-order valence-corrected chi connectivity index (χ3v) is 7.13. The number of hydrogen-bond donors (Lipinski definition) is 0. The maximum atomic E-state index is 5.88. The van der Waals surface area contributed by atoms with Crippen molar-refractivity contribution in [3.63, 3.8) is 0 Å². The Balaban J connectivity index is 2.44. The van der Waals surface area contributed by atoms with Gasteiger partial charge in [0.25, 0.3) is 6.64 Å². The molecule has 0 bridgehead atoms. The molecule has 0 saturated carbocycles. The Kier molecular flexibility index (Phi) is 6.33. The Hall–Kier alpha value is -0.320. The lowest BCUT2D eigenvalue weighted by Gasteiger charge is -2.39. The van der Waals surface area contributed by atoms with E-state index < -0.39 is 6.64 Å². The van der Waals surface area contributed by atoms with Gasteiger partial charge in [-0.1, -0.05) is 24.3 Å². The Morgan fingerprint density at radius 2 is 1.95 bits per heavy atom. The molecule has 1 aromatic rings. The van der Waals surface area contributed by atoms with E-state index in [2.05, 4.69) is 40.6 Å². The summed E-state index contributed by atoms with van der Waals surface area (Å²) in [5.41, 5.74) is 3.74. The van der Waals surface area contributed by atoms with Crippen LogP contribution in [0.25, 0.3) is 5.70 Å². The summed E-state index contributed by atoms with van der Waals surface area (Å²) in [6, 6.07) is 8.50. The number of hydrogen-bond acceptors (Lipinski definition) is 4. The molecule has 0 N–H and O–H groups in total. The van der Waals surface area contributed by atoms with Crippen molar-refractivity contribution in [1.82, 2.24) is 4.67 Å². The summed E-state index contributed by atoms with van der Waals surface area (Å²) in [5.74, 6) is 0. The zero-order chi connectivity index (χ0) is 15.3. The van der Waals surface area contributed by atoms with Crippen LogP contribution in [-0.4, -0.2) is 30.7 Å². The number of fused-ring (bicyclic) bond motifs is 1. The highest BCUT2D eigenvalue weighted by Crippen LogP contribution is 2.57. The van der Waals surface area contributed by atoms with Gasteiger partial charge in [0.1, 0.15) is 0 Å². The normalized spacial score (nSPS) is 17.1. The maximum absolute atomic E-state index is 5.88. The second kappa shape index (κ2) is 7.80. The molecule has 3 nitrogen and oxygen atoms in total. The van der Waals surface area contributed by atoms with Crippen molar-refractivity contribution < 1.29 is 9.05 Å². The Morgan fingerprint density at radius 1 is 1.29 bits per heavy atom. The van der Waals surface area contributed by atoms with E-state index in [0.29, 0.717) is 13.2 Å². The third kappa shape index (κ3) is 3.72. The summed E-state index contributed by atoms with van der Waals surface area (Å²) in [7, 11) is 0. The molecule has 1 aliphatic heterocycles. The Labute approximate surface area is 136 Å². The minimum absolute atomic E-state index is 0.571. The summed E-state index contributed by atoms with van der Waals surface area (Å²) < 4.78 is 13.9. The van der Waals surface area contributed by atoms with Crippen molar-refractivity contribution in [3.05, 3.63) is 40.8 Å². The van der Waals surface area contributed by atoms with Gasteiger partial charge in [-0.15, -0.1) is 11.8 Å². The molecule has 0 aromatic heterocycles. The van der Waals surface area contributed by atoms with Gasteiger partial charge < -0.3 is 13.7 Å². The van der Waals surface area contributed by atoms with Gasteiger partial charge in [-0.3, -0.25) is 0 Å². The first kappa shape index (κ1) is 17.0. The van der Waals surface area contributed by atoms with Crippen molar-refractivity contribution >= 4 is 35.9 Å². The summed E-state index contributed by atoms with van der Waals surface area (Å²) in [5, 5.41) is 2.15. The minimum Gasteiger partial charge on any atom is -0.314 e. The maximum Gasteiger partial charge on any atom is 0.290 e. The monoisotopic (exact) mass is 343 g/mol. The Bertz CT molecular complexity index is 552. The molecule has 6 heteroatoms. The number of rotatable bonds is 6. The average Bonchev–Trinajstić information content (AvgIpc) is 2.48. The summed E-state index contributed by atoms with van der Waals surface area (Å²) >= 11 is 7.47.